The standard InChI is InChI=1S/C13H12N2/c1-8-4-9(2)12-7-15-6-11(5-14)13(12)10(8)3/h4,6-7H,1-3H3. The van der Waals surface area contributed by atoms with E-state index in [4.69, 9.17) is 5.26 Å². The van der Waals surface area contributed by atoms with Crippen LogP contribution in [0.5, 0.6) is 0 Å². The van der Waals surface area contributed by atoms with E-state index in [1.807, 2.05) is 6.20 Å². The van der Waals surface area contributed by atoms with Crippen molar-refractivity contribution in [1.82, 2.24) is 4.98 Å². The van der Waals surface area contributed by atoms with E-state index in [1.165, 1.54) is 16.7 Å². The van der Waals surface area contributed by atoms with Gasteiger partial charge in [-0.1, -0.05) is 6.07 Å². The molecule has 0 spiro atoms. The molecule has 1 heterocycles. The molecule has 0 saturated heterocycles. The number of fused-ring (bicyclic) bond motifs is 1. The fourth-order valence-corrected chi connectivity index (χ4v) is 1.96. The Kier molecular flexibility index (Phi) is 2.17. The lowest BCUT2D eigenvalue weighted by atomic mass is 9.96. The third-order valence-electron chi connectivity index (χ3n) is 2.89. The van der Waals surface area contributed by atoms with E-state index in [9.17, 15) is 0 Å². The number of nitrogens with zero attached hydrogens (tertiary/aromatic N) is 2. The van der Waals surface area contributed by atoms with Crippen molar-refractivity contribution in [2.45, 2.75) is 20.8 Å². The van der Waals surface area contributed by atoms with Gasteiger partial charge in [0.1, 0.15) is 6.07 Å². The lowest BCUT2D eigenvalue weighted by Gasteiger charge is -2.09. The number of benzene rings is 1. The molecule has 1 aromatic heterocycles. The van der Waals surface area contributed by atoms with Crippen LogP contribution >= 0.6 is 0 Å². The largest absolute Gasteiger partial charge is 0.263 e. The van der Waals surface area contributed by atoms with Gasteiger partial charge in [-0.05, 0) is 37.5 Å². The Morgan fingerprint density at radius 2 is 1.87 bits per heavy atom. The predicted octanol–water partition coefficient (Wildman–Crippen LogP) is 3.03. The zero-order valence-corrected chi connectivity index (χ0v) is 9.13. The summed E-state index contributed by atoms with van der Waals surface area (Å²) in [7, 11) is 0. The average molecular weight is 196 g/mol. The van der Waals surface area contributed by atoms with Crippen LogP contribution in [0.3, 0.4) is 0 Å². The van der Waals surface area contributed by atoms with Crippen LogP contribution < -0.4 is 0 Å². The van der Waals surface area contributed by atoms with Crippen LogP contribution in [-0.4, -0.2) is 4.98 Å². The molecule has 2 rings (SSSR count). The van der Waals surface area contributed by atoms with E-state index < -0.39 is 0 Å². The third kappa shape index (κ3) is 1.37. The van der Waals surface area contributed by atoms with Crippen LogP contribution in [0.4, 0.5) is 0 Å². The maximum absolute atomic E-state index is 9.05. The second-order valence-electron chi connectivity index (χ2n) is 3.86. The molecule has 2 nitrogen and oxygen atoms in total. The van der Waals surface area contributed by atoms with Gasteiger partial charge in [-0.3, -0.25) is 4.98 Å². The minimum absolute atomic E-state index is 0.664. The molecule has 15 heavy (non-hydrogen) atoms. The molecular formula is C13H12N2. The average Bonchev–Trinajstić information content (AvgIpc) is 2.25. The fourth-order valence-electron chi connectivity index (χ4n) is 1.96. The summed E-state index contributed by atoms with van der Waals surface area (Å²) in [5, 5.41) is 11.2. The van der Waals surface area contributed by atoms with Gasteiger partial charge in [0.05, 0.1) is 5.56 Å². The third-order valence-corrected chi connectivity index (χ3v) is 2.89. The molecule has 0 aliphatic heterocycles. The molecule has 0 atom stereocenters. The van der Waals surface area contributed by atoms with E-state index in [-0.39, 0.29) is 0 Å². The van der Waals surface area contributed by atoms with E-state index in [2.05, 4.69) is 37.9 Å². The zero-order chi connectivity index (χ0) is 11.0. The molecular weight excluding hydrogens is 184 g/mol. The molecule has 0 fully saturated rings. The monoisotopic (exact) mass is 196 g/mol. The first kappa shape index (κ1) is 9.67. The fraction of sp³-hybridized carbons (Fsp3) is 0.231. The molecule has 2 heteroatoms. The summed E-state index contributed by atoms with van der Waals surface area (Å²) >= 11 is 0. The van der Waals surface area contributed by atoms with Gasteiger partial charge in [-0.15, -0.1) is 0 Å². The van der Waals surface area contributed by atoms with Gasteiger partial charge < -0.3 is 0 Å². The minimum atomic E-state index is 0.664. The number of nitriles is 1. The van der Waals surface area contributed by atoms with Crippen molar-refractivity contribution < 1.29 is 0 Å². The summed E-state index contributed by atoms with van der Waals surface area (Å²) in [5.41, 5.74) is 4.24. The molecule has 0 radical (unpaired) electrons. The Morgan fingerprint density at radius 1 is 1.13 bits per heavy atom. The minimum Gasteiger partial charge on any atom is -0.263 e. The summed E-state index contributed by atoms with van der Waals surface area (Å²) in [6, 6.07) is 4.34. The molecule has 0 aliphatic rings. The number of pyridine rings is 1. The molecule has 0 bridgehead atoms. The maximum atomic E-state index is 9.05. The van der Waals surface area contributed by atoms with Crippen molar-refractivity contribution in [3.63, 3.8) is 0 Å². The van der Waals surface area contributed by atoms with Crippen LogP contribution in [0.15, 0.2) is 18.5 Å². The van der Waals surface area contributed by atoms with Crippen LogP contribution in [0.2, 0.25) is 0 Å². The van der Waals surface area contributed by atoms with Crippen LogP contribution in [0.25, 0.3) is 10.8 Å². The Balaban J connectivity index is 3.05. The molecule has 0 aliphatic carbocycles. The first-order valence-electron chi connectivity index (χ1n) is 4.89. The second-order valence-corrected chi connectivity index (χ2v) is 3.86. The van der Waals surface area contributed by atoms with Gasteiger partial charge in [-0.25, -0.2) is 0 Å². The van der Waals surface area contributed by atoms with Gasteiger partial charge in [0, 0.05) is 23.2 Å². The summed E-state index contributed by atoms with van der Waals surface area (Å²) in [5.74, 6) is 0. The van der Waals surface area contributed by atoms with Gasteiger partial charge >= 0.3 is 0 Å². The zero-order valence-electron chi connectivity index (χ0n) is 9.13. The lowest BCUT2D eigenvalue weighted by molar-refractivity contribution is 1.29. The lowest BCUT2D eigenvalue weighted by Crippen LogP contribution is -1.92. The number of rotatable bonds is 0. The SMILES string of the molecule is Cc1cc(C)c2cncc(C#N)c2c1C. The van der Waals surface area contributed by atoms with Crippen LogP contribution in [0.1, 0.15) is 22.3 Å². The van der Waals surface area contributed by atoms with Crippen LogP contribution in [-0.2, 0) is 0 Å². The first-order chi connectivity index (χ1) is 7.15. The highest BCUT2D eigenvalue weighted by atomic mass is 14.6. The van der Waals surface area contributed by atoms with Crippen molar-refractivity contribution in [3.8, 4) is 6.07 Å². The van der Waals surface area contributed by atoms with Crippen molar-refractivity contribution in [2.75, 3.05) is 0 Å². The molecule has 0 N–H and O–H groups in total. The van der Waals surface area contributed by atoms with E-state index >= 15 is 0 Å². The Labute approximate surface area is 89.2 Å². The highest BCUT2D eigenvalue weighted by molar-refractivity contribution is 5.93. The van der Waals surface area contributed by atoms with Gasteiger partial charge in [0.25, 0.3) is 0 Å². The summed E-state index contributed by atoms with van der Waals surface area (Å²) in [6.07, 6.45) is 3.46. The number of aryl methyl sites for hydroxylation is 3. The summed E-state index contributed by atoms with van der Waals surface area (Å²) < 4.78 is 0. The normalized spacial score (nSPS) is 10.3. The van der Waals surface area contributed by atoms with Gasteiger partial charge in [0.2, 0.25) is 0 Å². The number of hydrogen-bond donors (Lipinski definition) is 0. The topological polar surface area (TPSA) is 36.7 Å². The summed E-state index contributed by atoms with van der Waals surface area (Å²) in [4.78, 5) is 4.09. The van der Waals surface area contributed by atoms with Crippen LogP contribution in [0, 0.1) is 32.1 Å². The molecule has 0 amide bonds. The maximum Gasteiger partial charge on any atom is 0.101 e. The van der Waals surface area contributed by atoms with Gasteiger partial charge in [0.15, 0.2) is 0 Å². The van der Waals surface area contributed by atoms with E-state index in [0.717, 1.165) is 10.8 Å². The quantitative estimate of drug-likeness (QED) is 0.649. The Hall–Kier alpha value is -1.88. The van der Waals surface area contributed by atoms with Crippen molar-refractivity contribution in [3.05, 3.63) is 40.7 Å². The van der Waals surface area contributed by atoms with E-state index in [0.29, 0.717) is 5.56 Å². The number of hydrogen-bond acceptors (Lipinski definition) is 2. The van der Waals surface area contributed by atoms with Crippen molar-refractivity contribution in [1.29, 1.82) is 5.26 Å². The highest BCUT2D eigenvalue weighted by Crippen LogP contribution is 2.26. The first-order valence-corrected chi connectivity index (χ1v) is 4.89. The molecule has 2 aromatic rings. The predicted molar refractivity (Wildman–Crippen MR) is 60.7 cm³/mol. The number of aromatic nitrogens is 1. The van der Waals surface area contributed by atoms with E-state index in [1.54, 1.807) is 6.20 Å². The molecule has 1 aromatic carbocycles. The molecule has 0 unspecified atom stereocenters. The molecule has 0 saturated carbocycles. The second kappa shape index (κ2) is 3.36. The Morgan fingerprint density at radius 3 is 2.53 bits per heavy atom. The van der Waals surface area contributed by atoms with Gasteiger partial charge in [-0.2, -0.15) is 5.26 Å². The summed E-state index contributed by atoms with van der Waals surface area (Å²) in [6.45, 7) is 6.18. The smallest absolute Gasteiger partial charge is 0.101 e. The highest BCUT2D eigenvalue weighted by Gasteiger charge is 2.08. The molecule has 74 valence electrons. The van der Waals surface area contributed by atoms with Crippen molar-refractivity contribution in [2.24, 2.45) is 0 Å². The Bertz CT molecular complexity index is 577. The van der Waals surface area contributed by atoms with Crippen molar-refractivity contribution >= 4 is 10.8 Å².